The summed E-state index contributed by atoms with van der Waals surface area (Å²) < 4.78 is 6.67. The van der Waals surface area contributed by atoms with Crippen molar-refractivity contribution >= 4 is 21.9 Å². The third-order valence-electron chi connectivity index (χ3n) is 2.77. The van der Waals surface area contributed by atoms with Gasteiger partial charge in [-0.3, -0.25) is 0 Å². The SMILES string of the molecule is Cc1cc(Br)ccc1OCc1ccccc1C(=O)O. The smallest absolute Gasteiger partial charge is 0.336 e. The molecule has 3 nitrogen and oxygen atoms in total. The van der Waals surface area contributed by atoms with Crippen LogP contribution in [-0.4, -0.2) is 11.1 Å². The summed E-state index contributed by atoms with van der Waals surface area (Å²) in [5.74, 6) is -0.185. The van der Waals surface area contributed by atoms with Gasteiger partial charge in [-0.05, 0) is 36.8 Å². The van der Waals surface area contributed by atoms with Crippen LogP contribution in [0.1, 0.15) is 21.5 Å². The van der Waals surface area contributed by atoms with E-state index >= 15 is 0 Å². The molecule has 0 aromatic heterocycles. The van der Waals surface area contributed by atoms with Gasteiger partial charge < -0.3 is 9.84 Å². The van der Waals surface area contributed by atoms with Crippen molar-refractivity contribution < 1.29 is 14.6 Å². The number of aryl methyl sites for hydroxylation is 1. The Hall–Kier alpha value is -1.81. The Balaban J connectivity index is 2.17. The zero-order chi connectivity index (χ0) is 13.8. The first kappa shape index (κ1) is 13.6. The van der Waals surface area contributed by atoms with Crippen LogP contribution < -0.4 is 4.74 Å². The number of rotatable bonds is 4. The van der Waals surface area contributed by atoms with E-state index in [2.05, 4.69) is 15.9 Å². The van der Waals surface area contributed by atoms with E-state index in [1.54, 1.807) is 24.3 Å². The van der Waals surface area contributed by atoms with Crippen LogP contribution in [0.15, 0.2) is 46.9 Å². The monoisotopic (exact) mass is 320 g/mol. The topological polar surface area (TPSA) is 46.5 Å². The molecule has 98 valence electrons. The molecule has 2 aromatic rings. The summed E-state index contributed by atoms with van der Waals surface area (Å²) in [6.45, 7) is 2.19. The van der Waals surface area contributed by atoms with Gasteiger partial charge in [0, 0.05) is 10.0 Å². The summed E-state index contributed by atoms with van der Waals surface area (Å²) in [4.78, 5) is 11.1. The van der Waals surface area contributed by atoms with E-state index in [-0.39, 0.29) is 12.2 Å². The number of carboxylic acid groups (broad SMARTS) is 1. The van der Waals surface area contributed by atoms with Gasteiger partial charge in [-0.2, -0.15) is 0 Å². The van der Waals surface area contributed by atoms with Gasteiger partial charge in [-0.1, -0.05) is 34.1 Å². The van der Waals surface area contributed by atoms with E-state index in [9.17, 15) is 4.79 Å². The summed E-state index contributed by atoms with van der Waals surface area (Å²) in [5.41, 5.74) is 1.94. The van der Waals surface area contributed by atoms with Gasteiger partial charge in [-0.25, -0.2) is 4.79 Å². The van der Waals surface area contributed by atoms with E-state index in [0.717, 1.165) is 15.8 Å². The normalized spacial score (nSPS) is 10.2. The highest BCUT2D eigenvalue weighted by Crippen LogP contribution is 2.23. The quantitative estimate of drug-likeness (QED) is 0.924. The Kier molecular flexibility index (Phi) is 4.22. The molecule has 0 aliphatic heterocycles. The minimum atomic E-state index is -0.938. The Morgan fingerprint density at radius 2 is 2.00 bits per heavy atom. The number of carbonyl (C=O) groups is 1. The highest BCUT2D eigenvalue weighted by molar-refractivity contribution is 9.10. The Labute approximate surface area is 120 Å². The summed E-state index contributed by atoms with van der Waals surface area (Å²) in [5, 5.41) is 9.09. The Bertz CT molecular complexity index is 608. The molecule has 0 aliphatic carbocycles. The van der Waals surface area contributed by atoms with Crippen LogP contribution in [0.5, 0.6) is 5.75 Å². The predicted molar refractivity (Wildman–Crippen MR) is 76.6 cm³/mol. The molecule has 0 fully saturated rings. The molecule has 0 bridgehead atoms. The maximum Gasteiger partial charge on any atom is 0.336 e. The molecule has 2 aromatic carbocycles. The van der Waals surface area contributed by atoms with Crippen molar-refractivity contribution in [2.75, 3.05) is 0 Å². The van der Waals surface area contributed by atoms with Crippen molar-refractivity contribution in [3.05, 3.63) is 63.6 Å². The van der Waals surface area contributed by atoms with Gasteiger partial charge in [-0.15, -0.1) is 0 Å². The maximum atomic E-state index is 11.1. The van der Waals surface area contributed by atoms with Gasteiger partial charge in [0.2, 0.25) is 0 Å². The Morgan fingerprint density at radius 3 is 2.68 bits per heavy atom. The molecular weight excluding hydrogens is 308 g/mol. The number of benzene rings is 2. The van der Waals surface area contributed by atoms with Crippen molar-refractivity contribution in [1.82, 2.24) is 0 Å². The second-order valence-corrected chi connectivity index (χ2v) is 5.08. The maximum absolute atomic E-state index is 11.1. The lowest BCUT2D eigenvalue weighted by molar-refractivity contribution is 0.0694. The molecule has 2 rings (SSSR count). The van der Waals surface area contributed by atoms with Crippen LogP contribution in [0.3, 0.4) is 0 Å². The van der Waals surface area contributed by atoms with Crippen molar-refractivity contribution in [3.63, 3.8) is 0 Å². The van der Waals surface area contributed by atoms with Gasteiger partial charge >= 0.3 is 5.97 Å². The summed E-state index contributed by atoms with van der Waals surface area (Å²) >= 11 is 3.39. The highest BCUT2D eigenvalue weighted by atomic mass is 79.9. The fraction of sp³-hybridized carbons (Fsp3) is 0.133. The van der Waals surface area contributed by atoms with Crippen LogP contribution in [0.2, 0.25) is 0 Å². The van der Waals surface area contributed by atoms with Crippen LogP contribution in [0.4, 0.5) is 0 Å². The largest absolute Gasteiger partial charge is 0.489 e. The number of aromatic carboxylic acids is 1. The van der Waals surface area contributed by atoms with E-state index in [1.165, 1.54) is 0 Å². The average molecular weight is 321 g/mol. The number of ether oxygens (including phenoxy) is 1. The zero-order valence-electron chi connectivity index (χ0n) is 10.4. The second-order valence-electron chi connectivity index (χ2n) is 4.16. The second kappa shape index (κ2) is 5.89. The molecule has 0 radical (unpaired) electrons. The van der Waals surface area contributed by atoms with Gasteiger partial charge in [0.05, 0.1) is 5.56 Å². The van der Waals surface area contributed by atoms with Crippen molar-refractivity contribution in [3.8, 4) is 5.75 Å². The molecule has 4 heteroatoms. The van der Waals surface area contributed by atoms with Gasteiger partial charge in [0.1, 0.15) is 12.4 Å². The third kappa shape index (κ3) is 3.35. The number of carboxylic acids is 1. The molecule has 0 amide bonds. The van der Waals surface area contributed by atoms with Crippen LogP contribution in [-0.2, 0) is 6.61 Å². The molecule has 0 saturated heterocycles. The number of hydrogen-bond acceptors (Lipinski definition) is 2. The first-order chi connectivity index (χ1) is 9.08. The molecule has 0 spiro atoms. The molecule has 19 heavy (non-hydrogen) atoms. The lowest BCUT2D eigenvalue weighted by Gasteiger charge is -2.11. The standard InChI is InChI=1S/C15H13BrO3/c1-10-8-12(16)6-7-14(10)19-9-11-4-2-3-5-13(11)15(17)18/h2-8H,9H2,1H3,(H,17,18). The zero-order valence-corrected chi connectivity index (χ0v) is 12.0. The summed E-state index contributed by atoms with van der Waals surface area (Å²) in [7, 11) is 0. The van der Waals surface area contributed by atoms with Gasteiger partial charge in [0.25, 0.3) is 0 Å². The number of hydrogen-bond donors (Lipinski definition) is 1. The Morgan fingerprint density at radius 1 is 1.26 bits per heavy atom. The lowest BCUT2D eigenvalue weighted by atomic mass is 10.1. The molecule has 0 heterocycles. The van der Waals surface area contributed by atoms with E-state index in [1.807, 2.05) is 25.1 Å². The molecule has 1 N–H and O–H groups in total. The lowest BCUT2D eigenvalue weighted by Crippen LogP contribution is -2.05. The molecule has 0 aliphatic rings. The fourth-order valence-electron chi connectivity index (χ4n) is 1.79. The molecule has 0 atom stereocenters. The molecule has 0 saturated carbocycles. The van der Waals surface area contributed by atoms with E-state index < -0.39 is 5.97 Å². The first-order valence-electron chi connectivity index (χ1n) is 5.78. The minimum absolute atomic E-state index is 0.241. The summed E-state index contributed by atoms with van der Waals surface area (Å²) in [6.07, 6.45) is 0. The third-order valence-corrected chi connectivity index (χ3v) is 3.26. The van der Waals surface area contributed by atoms with Crippen molar-refractivity contribution in [2.24, 2.45) is 0 Å². The number of halogens is 1. The molecular formula is C15H13BrO3. The molecule has 0 unspecified atom stereocenters. The van der Waals surface area contributed by atoms with Crippen LogP contribution in [0, 0.1) is 6.92 Å². The first-order valence-corrected chi connectivity index (χ1v) is 6.57. The van der Waals surface area contributed by atoms with Crippen LogP contribution >= 0.6 is 15.9 Å². The fourth-order valence-corrected chi connectivity index (χ4v) is 2.26. The average Bonchev–Trinajstić information content (AvgIpc) is 2.38. The predicted octanol–water partition coefficient (Wildman–Crippen LogP) is 4.03. The van der Waals surface area contributed by atoms with Crippen LogP contribution in [0.25, 0.3) is 0 Å². The van der Waals surface area contributed by atoms with Crippen molar-refractivity contribution in [2.45, 2.75) is 13.5 Å². The van der Waals surface area contributed by atoms with Crippen molar-refractivity contribution in [1.29, 1.82) is 0 Å². The summed E-state index contributed by atoms with van der Waals surface area (Å²) in [6, 6.07) is 12.6. The van der Waals surface area contributed by atoms with Gasteiger partial charge in [0.15, 0.2) is 0 Å². The van der Waals surface area contributed by atoms with E-state index in [0.29, 0.717) is 5.56 Å². The minimum Gasteiger partial charge on any atom is -0.489 e. The highest BCUT2D eigenvalue weighted by Gasteiger charge is 2.09. The van der Waals surface area contributed by atoms with E-state index in [4.69, 9.17) is 9.84 Å².